The van der Waals surface area contributed by atoms with Crippen molar-refractivity contribution < 1.29 is 14.0 Å². The molecule has 0 fully saturated rings. The minimum Gasteiger partial charge on any atom is -0.497 e. The molecule has 0 atom stereocenters. The standard InChI is InChI=1S/C23H22N6O3/c1-15-16(2)28(12-19-5-4-10-31-19)22-21(15)23-26-20(27-29(23)14-24-22)13-32-25-11-17-6-8-18(30-3)9-7-17/h4-11,14H,12-13H2,1-3H3/b25-11+. The van der Waals surface area contributed by atoms with Gasteiger partial charge in [-0.3, -0.25) is 0 Å². The van der Waals surface area contributed by atoms with E-state index < -0.39 is 0 Å². The number of furan rings is 1. The number of ether oxygens (including phenoxy) is 1. The van der Waals surface area contributed by atoms with Gasteiger partial charge in [0.1, 0.15) is 23.5 Å². The van der Waals surface area contributed by atoms with Crippen molar-refractivity contribution in [2.45, 2.75) is 27.0 Å². The largest absolute Gasteiger partial charge is 0.497 e. The molecule has 9 heteroatoms. The van der Waals surface area contributed by atoms with Crippen LogP contribution in [-0.4, -0.2) is 37.5 Å². The van der Waals surface area contributed by atoms with Crippen LogP contribution in [0.1, 0.15) is 28.4 Å². The SMILES string of the molecule is COc1ccc(/C=N/OCc2nc3c4c(C)c(C)n(Cc5ccco5)c4ncn3n2)cc1. The third-order valence-corrected chi connectivity index (χ3v) is 5.47. The molecule has 0 N–H and O–H groups in total. The first-order chi connectivity index (χ1) is 15.6. The van der Waals surface area contributed by atoms with Gasteiger partial charge in [0, 0.05) is 5.69 Å². The van der Waals surface area contributed by atoms with Gasteiger partial charge in [-0.25, -0.2) is 14.5 Å². The van der Waals surface area contributed by atoms with Crippen molar-refractivity contribution in [1.82, 2.24) is 24.1 Å². The van der Waals surface area contributed by atoms with Gasteiger partial charge in [0.15, 0.2) is 18.1 Å². The quantitative estimate of drug-likeness (QED) is 0.287. The highest BCUT2D eigenvalue weighted by molar-refractivity contribution is 5.93. The second-order valence-electron chi connectivity index (χ2n) is 7.40. The van der Waals surface area contributed by atoms with Crippen molar-refractivity contribution in [3.05, 3.63) is 77.4 Å². The summed E-state index contributed by atoms with van der Waals surface area (Å²) >= 11 is 0. The summed E-state index contributed by atoms with van der Waals surface area (Å²) in [6.07, 6.45) is 4.99. The van der Waals surface area contributed by atoms with Crippen molar-refractivity contribution >= 4 is 22.9 Å². The van der Waals surface area contributed by atoms with Crippen LogP contribution in [0.25, 0.3) is 16.7 Å². The van der Waals surface area contributed by atoms with Crippen LogP contribution in [0, 0.1) is 13.8 Å². The van der Waals surface area contributed by atoms with Gasteiger partial charge >= 0.3 is 0 Å². The molecule has 9 nitrogen and oxygen atoms in total. The summed E-state index contributed by atoms with van der Waals surface area (Å²) in [7, 11) is 1.63. The summed E-state index contributed by atoms with van der Waals surface area (Å²) in [6.45, 7) is 4.91. The van der Waals surface area contributed by atoms with Gasteiger partial charge in [0.2, 0.25) is 0 Å². The van der Waals surface area contributed by atoms with Crippen LogP contribution in [0.3, 0.4) is 0 Å². The molecule has 4 aromatic heterocycles. The third kappa shape index (κ3) is 3.58. The van der Waals surface area contributed by atoms with Crippen molar-refractivity contribution in [2.24, 2.45) is 5.16 Å². The van der Waals surface area contributed by atoms with E-state index in [0.29, 0.717) is 12.4 Å². The van der Waals surface area contributed by atoms with Crippen molar-refractivity contribution in [3.8, 4) is 5.75 Å². The highest BCUT2D eigenvalue weighted by Crippen LogP contribution is 2.27. The fourth-order valence-corrected chi connectivity index (χ4v) is 3.67. The van der Waals surface area contributed by atoms with Crippen LogP contribution < -0.4 is 4.74 Å². The third-order valence-electron chi connectivity index (χ3n) is 5.47. The lowest BCUT2D eigenvalue weighted by Gasteiger charge is -2.05. The van der Waals surface area contributed by atoms with Gasteiger partial charge in [0.05, 0.1) is 31.5 Å². The van der Waals surface area contributed by atoms with E-state index in [1.54, 1.807) is 30.4 Å². The number of methoxy groups -OCH3 is 1. The fraction of sp³-hybridized carbons (Fsp3) is 0.217. The Hall–Kier alpha value is -4.14. The zero-order valence-electron chi connectivity index (χ0n) is 18.0. The molecule has 0 saturated heterocycles. The van der Waals surface area contributed by atoms with E-state index in [9.17, 15) is 0 Å². The fourth-order valence-electron chi connectivity index (χ4n) is 3.67. The summed E-state index contributed by atoms with van der Waals surface area (Å²) < 4.78 is 14.5. The van der Waals surface area contributed by atoms with E-state index in [0.717, 1.165) is 45.0 Å². The number of rotatable bonds is 7. The summed E-state index contributed by atoms with van der Waals surface area (Å²) in [5.74, 6) is 2.19. The molecule has 5 aromatic rings. The molecule has 5 rings (SSSR count). The van der Waals surface area contributed by atoms with Crippen LogP contribution in [-0.2, 0) is 18.0 Å². The maximum absolute atomic E-state index is 5.52. The molecule has 0 amide bonds. The molecular formula is C23H22N6O3. The Morgan fingerprint density at radius 2 is 1.97 bits per heavy atom. The molecule has 0 aliphatic heterocycles. The number of aromatic nitrogens is 5. The van der Waals surface area contributed by atoms with Crippen LogP contribution in [0.15, 0.2) is 58.6 Å². The maximum atomic E-state index is 5.52. The number of benzene rings is 1. The first kappa shape index (κ1) is 19.8. The Kier molecular flexibility index (Phi) is 5.06. The molecule has 0 aliphatic carbocycles. The first-order valence-corrected chi connectivity index (χ1v) is 10.2. The lowest BCUT2D eigenvalue weighted by Crippen LogP contribution is -2.02. The highest BCUT2D eigenvalue weighted by Gasteiger charge is 2.18. The van der Waals surface area contributed by atoms with Crippen molar-refractivity contribution in [1.29, 1.82) is 0 Å². The molecule has 0 aliphatic rings. The van der Waals surface area contributed by atoms with E-state index in [2.05, 4.69) is 38.6 Å². The Bertz CT molecular complexity index is 1400. The van der Waals surface area contributed by atoms with Gasteiger partial charge in [0.25, 0.3) is 0 Å². The van der Waals surface area contributed by atoms with Crippen molar-refractivity contribution in [3.63, 3.8) is 0 Å². The molecule has 32 heavy (non-hydrogen) atoms. The predicted octanol–water partition coefficient (Wildman–Crippen LogP) is 3.90. The van der Waals surface area contributed by atoms with Gasteiger partial charge in [-0.05, 0) is 61.4 Å². The molecule has 0 spiro atoms. The summed E-state index contributed by atoms with van der Waals surface area (Å²) in [6, 6.07) is 11.4. The topological polar surface area (TPSA) is 92.0 Å². The number of fused-ring (bicyclic) bond motifs is 3. The lowest BCUT2D eigenvalue weighted by atomic mass is 10.2. The van der Waals surface area contributed by atoms with E-state index in [1.807, 2.05) is 36.4 Å². The Morgan fingerprint density at radius 1 is 1.12 bits per heavy atom. The van der Waals surface area contributed by atoms with Crippen LogP contribution in [0.4, 0.5) is 0 Å². The molecule has 1 aromatic carbocycles. The second kappa shape index (κ2) is 8.18. The van der Waals surface area contributed by atoms with Crippen LogP contribution in [0.2, 0.25) is 0 Å². The van der Waals surface area contributed by atoms with E-state index >= 15 is 0 Å². The smallest absolute Gasteiger partial charge is 0.192 e. The number of hydrogen-bond acceptors (Lipinski definition) is 7. The number of oxime groups is 1. The second-order valence-corrected chi connectivity index (χ2v) is 7.40. The molecule has 0 saturated carbocycles. The zero-order valence-corrected chi connectivity index (χ0v) is 18.0. The zero-order chi connectivity index (χ0) is 22.1. The summed E-state index contributed by atoms with van der Waals surface area (Å²) in [4.78, 5) is 14.7. The van der Waals surface area contributed by atoms with Crippen LogP contribution in [0.5, 0.6) is 5.75 Å². The van der Waals surface area contributed by atoms with E-state index in [4.69, 9.17) is 14.0 Å². The molecule has 162 valence electrons. The molecule has 0 unspecified atom stereocenters. The minimum absolute atomic E-state index is 0.154. The Balaban J connectivity index is 1.38. The average Bonchev–Trinajstić information content (AvgIpc) is 3.53. The molecule has 0 bridgehead atoms. The Labute approximate surface area is 183 Å². The average molecular weight is 430 g/mol. The van der Waals surface area contributed by atoms with E-state index in [1.165, 1.54) is 0 Å². The van der Waals surface area contributed by atoms with Crippen molar-refractivity contribution in [2.75, 3.05) is 7.11 Å². The van der Waals surface area contributed by atoms with Gasteiger partial charge in [-0.2, -0.15) is 0 Å². The number of hydrogen-bond donors (Lipinski definition) is 0. The minimum atomic E-state index is 0.154. The molecule has 4 heterocycles. The molecule has 0 radical (unpaired) electrons. The number of nitrogens with zero attached hydrogens (tertiary/aromatic N) is 6. The highest BCUT2D eigenvalue weighted by atomic mass is 16.6. The normalized spacial score (nSPS) is 11.7. The Morgan fingerprint density at radius 3 is 2.72 bits per heavy atom. The van der Waals surface area contributed by atoms with Gasteiger partial charge in [-0.15, -0.1) is 5.10 Å². The lowest BCUT2D eigenvalue weighted by molar-refractivity contribution is 0.126. The molecular weight excluding hydrogens is 408 g/mol. The van der Waals surface area contributed by atoms with Gasteiger partial charge < -0.3 is 18.6 Å². The summed E-state index contributed by atoms with van der Waals surface area (Å²) in [5.41, 5.74) is 4.72. The van der Waals surface area contributed by atoms with Gasteiger partial charge in [-0.1, -0.05) is 5.16 Å². The summed E-state index contributed by atoms with van der Waals surface area (Å²) in [5, 5.41) is 9.47. The first-order valence-electron chi connectivity index (χ1n) is 10.2. The monoisotopic (exact) mass is 430 g/mol. The van der Waals surface area contributed by atoms with Crippen LogP contribution >= 0.6 is 0 Å². The van der Waals surface area contributed by atoms with E-state index in [-0.39, 0.29) is 6.61 Å². The maximum Gasteiger partial charge on any atom is 0.192 e. The number of aryl methyl sites for hydroxylation is 1. The predicted molar refractivity (Wildman–Crippen MR) is 119 cm³/mol.